The first-order valence-corrected chi connectivity index (χ1v) is 7.18. The van der Waals surface area contributed by atoms with Crippen molar-refractivity contribution in [2.75, 3.05) is 5.32 Å². The monoisotopic (exact) mass is 259 g/mol. The smallest absolute Gasteiger partial charge is 0.0634 e. The van der Waals surface area contributed by atoms with Crippen LogP contribution < -0.4 is 5.32 Å². The summed E-state index contributed by atoms with van der Waals surface area (Å²) in [6, 6.07) is 10.6. The van der Waals surface area contributed by atoms with Crippen LogP contribution in [0.2, 0.25) is 0 Å². The summed E-state index contributed by atoms with van der Waals surface area (Å²) >= 11 is 1.77. The van der Waals surface area contributed by atoms with Crippen molar-refractivity contribution in [3.05, 3.63) is 51.7 Å². The molecule has 2 atom stereocenters. The molecule has 3 rings (SSSR count). The van der Waals surface area contributed by atoms with E-state index in [1.807, 2.05) is 12.1 Å². The summed E-state index contributed by atoms with van der Waals surface area (Å²) in [6.45, 7) is 2.14. The van der Waals surface area contributed by atoms with Crippen molar-refractivity contribution in [2.24, 2.45) is 0 Å². The molecule has 3 heteroatoms. The average Bonchev–Trinajstić information content (AvgIpc) is 2.69. The van der Waals surface area contributed by atoms with Gasteiger partial charge in [-0.3, -0.25) is 0 Å². The molecular weight excluding hydrogens is 242 g/mol. The lowest BCUT2D eigenvalue weighted by Crippen LogP contribution is -2.16. The van der Waals surface area contributed by atoms with E-state index in [2.05, 4.69) is 35.8 Å². The van der Waals surface area contributed by atoms with Crippen molar-refractivity contribution in [2.45, 2.75) is 31.9 Å². The number of fused-ring (bicyclic) bond motifs is 1. The summed E-state index contributed by atoms with van der Waals surface area (Å²) in [7, 11) is 0. The van der Waals surface area contributed by atoms with Crippen molar-refractivity contribution in [1.82, 2.24) is 0 Å². The van der Waals surface area contributed by atoms with Crippen molar-refractivity contribution < 1.29 is 5.11 Å². The third-order valence-corrected chi connectivity index (χ3v) is 4.66. The van der Waals surface area contributed by atoms with E-state index in [4.69, 9.17) is 0 Å². The van der Waals surface area contributed by atoms with Gasteiger partial charge in [-0.1, -0.05) is 18.2 Å². The van der Waals surface area contributed by atoms with E-state index in [0.717, 1.165) is 18.5 Å². The molecule has 1 aliphatic rings. The SMILES string of the molecule is Cc1ccsc1[C@@H]1C[C@H](O)Cc2ccccc2N1. The summed E-state index contributed by atoms with van der Waals surface area (Å²) in [5, 5.41) is 15.9. The number of thiophene rings is 1. The highest BCUT2D eigenvalue weighted by atomic mass is 32.1. The maximum atomic E-state index is 10.2. The van der Waals surface area contributed by atoms with Gasteiger partial charge in [0.1, 0.15) is 0 Å². The van der Waals surface area contributed by atoms with Gasteiger partial charge < -0.3 is 10.4 Å². The highest BCUT2D eigenvalue weighted by Gasteiger charge is 2.24. The predicted molar refractivity (Wildman–Crippen MR) is 76.2 cm³/mol. The summed E-state index contributed by atoms with van der Waals surface area (Å²) in [5.41, 5.74) is 3.68. The zero-order chi connectivity index (χ0) is 12.5. The Morgan fingerprint density at radius 2 is 2.11 bits per heavy atom. The molecule has 0 unspecified atom stereocenters. The zero-order valence-electron chi connectivity index (χ0n) is 10.4. The molecular formula is C15H17NOS. The standard InChI is InChI=1S/C15H17NOS/c1-10-6-7-18-15(10)14-9-12(17)8-11-4-2-3-5-13(11)16-14/h2-7,12,14,16-17H,8-9H2,1H3/t12-,14+/m1/s1. The van der Waals surface area contributed by atoms with Crippen LogP contribution in [0.15, 0.2) is 35.7 Å². The fourth-order valence-electron chi connectivity index (χ4n) is 2.61. The Morgan fingerprint density at radius 3 is 2.89 bits per heavy atom. The number of aliphatic hydroxyl groups excluding tert-OH is 1. The van der Waals surface area contributed by atoms with Gasteiger partial charge in [0.25, 0.3) is 0 Å². The van der Waals surface area contributed by atoms with Gasteiger partial charge in [0, 0.05) is 17.0 Å². The lowest BCUT2D eigenvalue weighted by Gasteiger charge is -2.19. The van der Waals surface area contributed by atoms with Crippen LogP contribution >= 0.6 is 11.3 Å². The van der Waals surface area contributed by atoms with Crippen LogP contribution in [-0.4, -0.2) is 11.2 Å². The Morgan fingerprint density at radius 1 is 1.28 bits per heavy atom. The van der Waals surface area contributed by atoms with Crippen molar-refractivity contribution >= 4 is 17.0 Å². The molecule has 0 aliphatic carbocycles. The van der Waals surface area contributed by atoms with Gasteiger partial charge in [-0.15, -0.1) is 11.3 Å². The van der Waals surface area contributed by atoms with Crippen LogP contribution in [0.3, 0.4) is 0 Å². The number of nitrogens with one attached hydrogen (secondary N) is 1. The first kappa shape index (κ1) is 11.8. The third kappa shape index (κ3) is 2.16. The quantitative estimate of drug-likeness (QED) is 0.821. The number of hydrogen-bond acceptors (Lipinski definition) is 3. The Hall–Kier alpha value is -1.32. The summed E-state index contributed by atoms with van der Waals surface area (Å²) < 4.78 is 0. The topological polar surface area (TPSA) is 32.3 Å². The molecule has 2 N–H and O–H groups in total. The van der Waals surface area contributed by atoms with Crippen LogP contribution in [0.4, 0.5) is 5.69 Å². The molecule has 0 bridgehead atoms. The van der Waals surface area contributed by atoms with Gasteiger partial charge in [-0.2, -0.15) is 0 Å². The predicted octanol–water partition coefficient (Wildman–Crippen LogP) is 3.52. The van der Waals surface area contributed by atoms with E-state index < -0.39 is 0 Å². The maximum Gasteiger partial charge on any atom is 0.0634 e. The van der Waals surface area contributed by atoms with Gasteiger partial charge in [0.05, 0.1) is 12.1 Å². The number of aliphatic hydroxyl groups is 1. The molecule has 94 valence electrons. The number of aryl methyl sites for hydroxylation is 1. The second-order valence-electron chi connectivity index (χ2n) is 4.92. The largest absolute Gasteiger partial charge is 0.393 e. The molecule has 0 saturated heterocycles. The van der Waals surface area contributed by atoms with Crippen LogP contribution in [0, 0.1) is 6.92 Å². The third-order valence-electron chi connectivity index (χ3n) is 3.53. The number of hydrogen-bond donors (Lipinski definition) is 2. The van der Waals surface area contributed by atoms with Crippen molar-refractivity contribution in [3.63, 3.8) is 0 Å². The summed E-state index contributed by atoms with van der Waals surface area (Å²) in [6.07, 6.45) is 1.24. The van der Waals surface area contributed by atoms with E-state index in [1.54, 1.807) is 11.3 Å². The van der Waals surface area contributed by atoms with E-state index >= 15 is 0 Å². The zero-order valence-corrected chi connectivity index (χ0v) is 11.2. The molecule has 0 spiro atoms. The highest BCUT2D eigenvalue weighted by molar-refractivity contribution is 7.10. The highest BCUT2D eigenvalue weighted by Crippen LogP contribution is 2.35. The molecule has 2 aromatic rings. The van der Waals surface area contributed by atoms with E-state index in [9.17, 15) is 5.11 Å². The molecule has 0 saturated carbocycles. The minimum atomic E-state index is -0.271. The van der Waals surface area contributed by atoms with E-state index in [1.165, 1.54) is 16.0 Å². The number of para-hydroxylation sites is 1. The minimum absolute atomic E-state index is 0.226. The fourth-order valence-corrected chi connectivity index (χ4v) is 3.60. The Bertz CT molecular complexity index is 549. The van der Waals surface area contributed by atoms with Gasteiger partial charge in [-0.25, -0.2) is 0 Å². The van der Waals surface area contributed by atoms with Gasteiger partial charge in [0.2, 0.25) is 0 Å². The van der Waals surface area contributed by atoms with Crippen molar-refractivity contribution in [3.8, 4) is 0 Å². The average molecular weight is 259 g/mol. The second kappa shape index (κ2) is 4.75. The molecule has 2 nitrogen and oxygen atoms in total. The maximum absolute atomic E-state index is 10.2. The molecule has 0 fully saturated rings. The molecule has 0 amide bonds. The second-order valence-corrected chi connectivity index (χ2v) is 5.86. The van der Waals surface area contributed by atoms with Gasteiger partial charge in [0.15, 0.2) is 0 Å². The molecule has 1 aromatic heterocycles. The Labute approximate surface area is 111 Å². The normalized spacial score (nSPS) is 23.0. The van der Waals surface area contributed by atoms with E-state index in [-0.39, 0.29) is 12.1 Å². The van der Waals surface area contributed by atoms with Crippen LogP contribution in [0.5, 0.6) is 0 Å². The van der Waals surface area contributed by atoms with Crippen molar-refractivity contribution in [1.29, 1.82) is 0 Å². The lowest BCUT2D eigenvalue weighted by atomic mass is 10.0. The fraction of sp³-hybridized carbons (Fsp3) is 0.333. The first-order valence-electron chi connectivity index (χ1n) is 6.30. The minimum Gasteiger partial charge on any atom is -0.393 e. The molecule has 1 aliphatic heterocycles. The van der Waals surface area contributed by atoms with E-state index in [0.29, 0.717) is 0 Å². The molecule has 2 heterocycles. The first-order chi connectivity index (χ1) is 8.74. The Balaban J connectivity index is 1.97. The summed E-state index contributed by atoms with van der Waals surface area (Å²) in [5.74, 6) is 0. The number of benzene rings is 1. The Kier molecular flexibility index (Phi) is 3.10. The molecule has 1 aromatic carbocycles. The van der Waals surface area contributed by atoms with Gasteiger partial charge >= 0.3 is 0 Å². The van der Waals surface area contributed by atoms with Crippen LogP contribution in [0.25, 0.3) is 0 Å². The lowest BCUT2D eigenvalue weighted by molar-refractivity contribution is 0.161. The number of anilines is 1. The van der Waals surface area contributed by atoms with Crippen LogP contribution in [0.1, 0.15) is 28.5 Å². The van der Waals surface area contributed by atoms with Crippen LogP contribution in [-0.2, 0) is 6.42 Å². The number of rotatable bonds is 1. The summed E-state index contributed by atoms with van der Waals surface area (Å²) in [4.78, 5) is 1.34. The molecule has 0 radical (unpaired) electrons. The molecule has 18 heavy (non-hydrogen) atoms. The van der Waals surface area contributed by atoms with Gasteiger partial charge in [-0.05, 0) is 42.0 Å².